The van der Waals surface area contributed by atoms with Gasteiger partial charge in [-0.1, -0.05) is 0 Å². The maximum absolute atomic E-state index is 5.39. The minimum Gasteiger partial charge on any atom is -0.383 e. The minimum atomic E-state index is 0.660. The van der Waals surface area contributed by atoms with Gasteiger partial charge in [0.1, 0.15) is 0 Å². The van der Waals surface area contributed by atoms with Gasteiger partial charge in [0.25, 0.3) is 0 Å². The predicted octanol–water partition coefficient (Wildman–Crippen LogP) is 1.49. The standard InChI is InChI=1S/C13H26N2O/c1-15(12-4-3-8-14-9-7-12)13(10-16-2)11-5-6-11/h11-14H,3-10H2,1-2H3. The number of ether oxygens (including phenoxy) is 1. The van der Waals surface area contributed by atoms with Crippen LogP contribution in [0.2, 0.25) is 0 Å². The van der Waals surface area contributed by atoms with Crippen molar-refractivity contribution in [3.8, 4) is 0 Å². The molecule has 0 amide bonds. The summed E-state index contributed by atoms with van der Waals surface area (Å²) in [5, 5.41) is 3.49. The van der Waals surface area contributed by atoms with Gasteiger partial charge in [-0.05, 0) is 58.2 Å². The summed E-state index contributed by atoms with van der Waals surface area (Å²) in [7, 11) is 4.13. The number of hydrogen-bond acceptors (Lipinski definition) is 3. The summed E-state index contributed by atoms with van der Waals surface area (Å²) in [6.07, 6.45) is 6.77. The van der Waals surface area contributed by atoms with E-state index < -0.39 is 0 Å². The molecule has 0 radical (unpaired) electrons. The number of hydrogen-bond donors (Lipinski definition) is 1. The molecule has 1 aliphatic heterocycles. The SMILES string of the molecule is COCC(C1CC1)N(C)C1CCCNCC1. The van der Waals surface area contributed by atoms with E-state index in [9.17, 15) is 0 Å². The fraction of sp³-hybridized carbons (Fsp3) is 1.00. The summed E-state index contributed by atoms with van der Waals surface area (Å²) in [4.78, 5) is 2.61. The monoisotopic (exact) mass is 226 g/mol. The van der Waals surface area contributed by atoms with E-state index in [0.29, 0.717) is 6.04 Å². The summed E-state index contributed by atoms with van der Waals surface area (Å²) in [5.41, 5.74) is 0. The van der Waals surface area contributed by atoms with Crippen LogP contribution in [0.3, 0.4) is 0 Å². The van der Waals surface area contributed by atoms with Gasteiger partial charge >= 0.3 is 0 Å². The smallest absolute Gasteiger partial charge is 0.0620 e. The van der Waals surface area contributed by atoms with Gasteiger partial charge in [-0.2, -0.15) is 0 Å². The molecule has 2 unspecified atom stereocenters. The number of nitrogens with zero attached hydrogens (tertiary/aromatic N) is 1. The maximum atomic E-state index is 5.39. The average Bonchev–Trinajstić information content (AvgIpc) is 3.10. The van der Waals surface area contributed by atoms with Crippen LogP contribution in [-0.2, 0) is 4.74 Å². The second kappa shape index (κ2) is 5.99. The zero-order valence-electron chi connectivity index (χ0n) is 10.7. The quantitative estimate of drug-likeness (QED) is 0.768. The van der Waals surface area contributed by atoms with E-state index in [1.54, 1.807) is 0 Å². The summed E-state index contributed by atoms with van der Waals surface area (Å²) < 4.78 is 5.39. The molecule has 3 heteroatoms. The van der Waals surface area contributed by atoms with Gasteiger partial charge in [0, 0.05) is 19.2 Å². The van der Waals surface area contributed by atoms with Gasteiger partial charge in [-0.3, -0.25) is 4.90 Å². The molecule has 0 spiro atoms. The molecule has 3 nitrogen and oxygen atoms in total. The van der Waals surface area contributed by atoms with E-state index in [4.69, 9.17) is 4.74 Å². The van der Waals surface area contributed by atoms with Gasteiger partial charge in [0.15, 0.2) is 0 Å². The molecule has 0 aromatic carbocycles. The van der Waals surface area contributed by atoms with Crippen LogP contribution in [0.4, 0.5) is 0 Å². The second-order valence-electron chi connectivity index (χ2n) is 5.36. The molecule has 2 fully saturated rings. The Balaban J connectivity index is 1.88. The highest BCUT2D eigenvalue weighted by molar-refractivity contribution is 4.90. The van der Waals surface area contributed by atoms with Crippen molar-refractivity contribution < 1.29 is 4.74 Å². The number of nitrogens with one attached hydrogen (secondary N) is 1. The van der Waals surface area contributed by atoms with Crippen LogP contribution in [0.5, 0.6) is 0 Å². The van der Waals surface area contributed by atoms with E-state index in [-0.39, 0.29) is 0 Å². The lowest BCUT2D eigenvalue weighted by atomic mass is 10.0. The van der Waals surface area contributed by atoms with Gasteiger partial charge in [0.05, 0.1) is 6.61 Å². The molecule has 2 aliphatic rings. The van der Waals surface area contributed by atoms with Crippen LogP contribution in [0.1, 0.15) is 32.1 Å². The first-order valence-corrected chi connectivity index (χ1v) is 6.74. The van der Waals surface area contributed by atoms with Crippen molar-refractivity contribution in [2.24, 2.45) is 5.92 Å². The van der Waals surface area contributed by atoms with Gasteiger partial charge in [-0.15, -0.1) is 0 Å². The number of rotatable bonds is 5. The van der Waals surface area contributed by atoms with Crippen molar-refractivity contribution in [1.29, 1.82) is 0 Å². The number of methoxy groups -OCH3 is 1. The third kappa shape index (κ3) is 3.19. The second-order valence-corrected chi connectivity index (χ2v) is 5.36. The van der Waals surface area contributed by atoms with Crippen LogP contribution in [0.25, 0.3) is 0 Å². The maximum Gasteiger partial charge on any atom is 0.0620 e. The third-order valence-corrected chi connectivity index (χ3v) is 4.15. The van der Waals surface area contributed by atoms with Crippen molar-refractivity contribution in [2.45, 2.75) is 44.2 Å². The Bertz CT molecular complexity index is 198. The van der Waals surface area contributed by atoms with Crippen LogP contribution in [0, 0.1) is 5.92 Å². The number of likely N-dealkylation sites (N-methyl/N-ethyl adjacent to an activating group) is 1. The fourth-order valence-electron chi connectivity index (χ4n) is 2.92. The van der Waals surface area contributed by atoms with Crippen LogP contribution in [-0.4, -0.2) is 50.8 Å². The third-order valence-electron chi connectivity index (χ3n) is 4.15. The lowest BCUT2D eigenvalue weighted by Gasteiger charge is -2.34. The Labute approximate surface area is 99.5 Å². The van der Waals surface area contributed by atoms with Gasteiger partial charge < -0.3 is 10.1 Å². The first kappa shape index (κ1) is 12.3. The highest BCUT2D eigenvalue weighted by Gasteiger charge is 2.36. The van der Waals surface area contributed by atoms with Gasteiger partial charge in [-0.25, -0.2) is 0 Å². The Kier molecular flexibility index (Phi) is 4.62. The first-order valence-electron chi connectivity index (χ1n) is 6.74. The first-order chi connectivity index (χ1) is 7.83. The van der Waals surface area contributed by atoms with E-state index in [1.165, 1.54) is 45.2 Å². The molecule has 1 saturated carbocycles. The largest absolute Gasteiger partial charge is 0.383 e. The van der Waals surface area contributed by atoms with Crippen molar-refractivity contribution in [3.63, 3.8) is 0 Å². The molecular formula is C13H26N2O. The lowest BCUT2D eigenvalue weighted by Crippen LogP contribution is -2.44. The summed E-state index contributed by atoms with van der Waals surface area (Å²) >= 11 is 0. The Morgan fingerprint density at radius 1 is 1.25 bits per heavy atom. The predicted molar refractivity (Wildman–Crippen MR) is 66.7 cm³/mol. The van der Waals surface area contributed by atoms with Crippen LogP contribution in [0.15, 0.2) is 0 Å². The molecule has 0 aromatic heterocycles. The molecule has 2 rings (SSSR count). The van der Waals surface area contributed by atoms with E-state index in [2.05, 4.69) is 17.3 Å². The molecule has 1 heterocycles. The van der Waals surface area contributed by atoms with Crippen molar-refractivity contribution >= 4 is 0 Å². The Morgan fingerprint density at radius 2 is 2.06 bits per heavy atom. The minimum absolute atomic E-state index is 0.660. The molecule has 94 valence electrons. The summed E-state index contributed by atoms with van der Waals surface area (Å²) in [6, 6.07) is 1.42. The molecule has 1 aliphatic carbocycles. The molecule has 16 heavy (non-hydrogen) atoms. The fourth-order valence-corrected chi connectivity index (χ4v) is 2.92. The van der Waals surface area contributed by atoms with E-state index >= 15 is 0 Å². The van der Waals surface area contributed by atoms with Crippen molar-refractivity contribution in [2.75, 3.05) is 33.9 Å². The zero-order valence-corrected chi connectivity index (χ0v) is 10.7. The average molecular weight is 226 g/mol. The molecule has 0 bridgehead atoms. The lowest BCUT2D eigenvalue weighted by molar-refractivity contribution is 0.0637. The van der Waals surface area contributed by atoms with Gasteiger partial charge in [0.2, 0.25) is 0 Å². The molecule has 1 saturated heterocycles. The zero-order chi connectivity index (χ0) is 11.4. The Hall–Kier alpha value is -0.120. The molecule has 1 N–H and O–H groups in total. The normalized spacial score (nSPS) is 29.1. The summed E-state index contributed by atoms with van der Waals surface area (Å²) in [5.74, 6) is 0.904. The van der Waals surface area contributed by atoms with Crippen LogP contribution >= 0.6 is 0 Å². The Morgan fingerprint density at radius 3 is 2.75 bits per heavy atom. The van der Waals surface area contributed by atoms with E-state index in [1.807, 2.05) is 7.11 Å². The summed E-state index contributed by atoms with van der Waals surface area (Å²) in [6.45, 7) is 3.28. The molecule has 0 aromatic rings. The topological polar surface area (TPSA) is 24.5 Å². The van der Waals surface area contributed by atoms with Crippen molar-refractivity contribution in [3.05, 3.63) is 0 Å². The highest BCUT2D eigenvalue weighted by Crippen LogP contribution is 2.36. The molecular weight excluding hydrogens is 200 g/mol. The van der Waals surface area contributed by atoms with Crippen molar-refractivity contribution in [1.82, 2.24) is 10.2 Å². The van der Waals surface area contributed by atoms with E-state index in [0.717, 1.165) is 18.6 Å². The van der Waals surface area contributed by atoms with Crippen LogP contribution < -0.4 is 5.32 Å². The molecule has 2 atom stereocenters. The highest BCUT2D eigenvalue weighted by atomic mass is 16.5.